The van der Waals surface area contributed by atoms with Gasteiger partial charge < -0.3 is 61.6 Å². The number of unbranched alkanes of at least 4 members (excludes halogenated alkanes) is 15. The van der Waals surface area contributed by atoms with Crippen LogP contribution in [0.25, 0.3) is 0 Å². The number of ether oxygens (including phenoxy) is 13. The Kier molecular flexibility index (Phi) is 54.1. The molecule has 0 aromatic heterocycles. The first-order valence-corrected chi connectivity index (χ1v) is 25.0. The maximum absolute atomic E-state index is 10.4. The molecule has 18 heteroatoms. The van der Waals surface area contributed by atoms with Crippen LogP contribution in [0.15, 0.2) is 0 Å². The normalized spacial score (nSPS) is 12.0. The van der Waals surface area contributed by atoms with Crippen LogP contribution < -0.4 is 0 Å². The van der Waals surface area contributed by atoms with E-state index in [2.05, 4.69) is 11.1 Å². The number of hydrogen-bond donors (Lipinski definition) is 1. The van der Waals surface area contributed by atoms with Crippen LogP contribution in [0.2, 0.25) is 0 Å². The zero-order chi connectivity index (χ0) is 44.8. The maximum atomic E-state index is 10.4. The number of rotatable bonds is 57. The molecule has 0 aromatic carbocycles. The van der Waals surface area contributed by atoms with E-state index in [1.165, 1.54) is 96.3 Å². The molecule has 17 nitrogen and oxygen atoms in total. The van der Waals surface area contributed by atoms with Gasteiger partial charge in [-0.1, -0.05) is 103 Å². The summed E-state index contributed by atoms with van der Waals surface area (Å²) >= 11 is 0. The van der Waals surface area contributed by atoms with Crippen molar-refractivity contribution in [3.63, 3.8) is 0 Å². The van der Waals surface area contributed by atoms with Crippen molar-refractivity contribution < 1.29 is 78.7 Å². The standard InChI is InChI=1S/C44H90O17S/c1-2-3-4-5-6-7-8-9-10-11-12-13-14-15-16-17-18-48-19-20-49-21-22-50-23-24-51-25-26-52-27-28-53-29-30-54-31-32-55-33-34-56-35-36-57-37-38-58-39-40-59-41-42-60-43-44-61-62(45,46)47/h2-44H2,1H3,(H,45,46,47). The third-order valence-electron chi connectivity index (χ3n) is 9.07. The molecule has 0 bridgehead atoms. The molecule has 1 N–H and O–H groups in total. The Morgan fingerprint density at radius 3 is 0.597 bits per heavy atom. The van der Waals surface area contributed by atoms with Crippen molar-refractivity contribution >= 4 is 10.4 Å². The average molecular weight is 923 g/mol. The lowest BCUT2D eigenvalue weighted by Gasteiger charge is -2.09. The van der Waals surface area contributed by atoms with Gasteiger partial charge in [0, 0.05) is 6.61 Å². The van der Waals surface area contributed by atoms with E-state index in [0.717, 1.165) is 13.0 Å². The molecule has 0 aliphatic carbocycles. The fourth-order valence-electron chi connectivity index (χ4n) is 5.69. The van der Waals surface area contributed by atoms with Crippen LogP contribution >= 0.6 is 0 Å². The Labute approximate surface area is 376 Å². The molecule has 0 aliphatic rings. The molecule has 0 aromatic rings. The zero-order valence-corrected chi connectivity index (χ0v) is 39.6. The minimum absolute atomic E-state index is 0.0301. The van der Waals surface area contributed by atoms with Crippen molar-refractivity contribution in [1.29, 1.82) is 0 Å². The van der Waals surface area contributed by atoms with Gasteiger partial charge in [-0.05, 0) is 6.42 Å². The van der Waals surface area contributed by atoms with E-state index in [1.54, 1.807) is 0 Å². The number of hydrogen-bond acceptors (Lipinski definition) is 16. The van der Waals surface area contributed by atoms with Crippen molar-refractivity contribution in [2.75, 3.05) is 178 Å². The summed E-state index contributed by atoms with van der Waals surface area (Å²) in [4.78, 5) is 0. The molecule has 0 rings (SSSR count). The van der Waals surface area contributed by atoms with Crippen molar-refractivity contribution in [2.45, 2.75) is 110 Å². The molecule has 62 heavy (non-hydrogen) atoms. The van der Waals surface area contributed by atoms with E-state index < -0.39 is 10.4 Å². The second-order valence-electron chi connectivity index (χ2n) is 14.5. The summed E-state index contributed by atoms with van der Waals surface area (Å²) in [6, 6.07) is 0. The Balaban J connectivity index is 3.07. The molecule has 0 saturated heterocycles. The second-order valence-corrected chi connectivity index (χ2v) is 15.6. The summed E-state index contributed by atoms with van der Waals surface area (Å²) in [7, 11) is -4.43. The first-order valence-electron chi connectivity index (χ1n) is 23.7. The van der Waals surface area contributed by atoms with Crippen molar-refractivity contribution in [3.05, 3.63) is 0 Å². The highest BCUT2D eigenvalue weighted by Gasteiger charge is 2.03. The van der Waals surface area contributed by atoms with Gasteiger partial charge in [0.05, 0.1) is 172 Å². The Morgan fingerprint density at radius 2 is 0.403 bits per heavy atom. The molecule has 0 aliphatic heterocycles. The topological polar surface area (TPSA) is 184 Å². The highest BCUT2D eigenvalue weighted by molar-refractivity contribution is 7.80. The zero-order valence-electron chi connectivity index (χ0n) is 38.8. The van der Waals surface area contributed by atoms with Crippen molar-refractivity contribution in [1.82, 2.24) is 0 Å². The highest BCUT2D eigenvalue weighted by Crippen LogP contribution is 2.13. The van der Waals surface area contributed by atoms with Gasteiger partial charge >= 0.3 is 10.4 Å². The van der Waals surface area contributed by atoms with Gasteiger partial charge in [-0.2, -0.15) is 8.42 Å². The minimum atomic E-state index is -4.43. The van der Waals surface area contributed by atoms with Crippen LogP contribution in [0.3, 0.4) is 0 Å². The summed E-state index contributed by atoms with van der Waals surface area (Å²) < 4.78 is 104. The van der Waals surface area contributed by atoms with Crippen molar-refractivity contribution in [2.24, 2.45) is 0 Å². The van der Waals surface area contributed by atoms with Gasteiger partial charge in [0.2, 0.25) is 0 Å². The molecular formula is C44H90O17S. The molecule has 0 saturated carbocycles. The van der Waals surface area contributed by atoms with E-state index in [0.29, 0.717) is 152 Å². The molecular weight excluding hydrogens is 833 g/mol. The largest absolute Gasteiger partial charge is 0.397 e. The lowest BCUT2D eigenvalue weighted by atomic mass is 10.0. The van der Waals surface area contributed by atoms with Gasteiger partial charge in [-0.25, -0.2) is 4.18 Å². The average Bonchev–Trinajstić information content (AvgIpc) is 3.26. The molecule has 0 spiro atoms. The fraction of sp³-hybridized carbons (Fsp3) is 1.00. The first-order chi connectivity index (χ1) is 30.6. The molecule has 0 amide bonds. The van der Waals surface area contributed by atoms with Crippen LogP contribution in [0.1, 0.15) is 110 Å². The predicted molar refractivity (Wildman–Crippen MR) is 238 cm³/mol. The van der Waals surface area contributed by atoms with Crippen LogP contribution in [-0.4, -0.2) is 191 Å². The van der Waals surface area contributed by atoms with Gasteiger partial charge in [0.25, 0.3) is 0 Å². The van der Waals surface area contributed by atoms with Crippen LogP contribution in [0.4, 0.5) is 0 Å². The van der Waals surface area contributed by atoms with E-state index in [1.807, 2.05) is 0 Å². The fourth-order valence-corrected chi connectivity index (χ4v) is 5.97. The van der Waals surface area contributed by atoms with E-state index >= 15 is 0 Å². The van der Waals surface area contributed by atoms with Gasteiger partial charge in [-0.3, -0.25) is 4.55 Å². The summed E-state index contributed by atoms with van der Waals surface area (Å²) in [6.07, 6.45) is 22.1. The molecule has 0 heterocycles. The smallest absolute Gasteiger partial charge is 0.379 e. The Morgan fingerprint density at radius 1 is 0.242 bits per heavy atom. The second kappa shape index (κ2) is 54.7. The predicted octanol–water partition coefficient (Wildman–Crippen LogP) is 6.28. The Hall–Kier alpha value is -0.650. The quantitative estimate of drug-likeness (QED) is 0.0531. The SMILES string of the molecule is CCCCCCCCCCCCCCCCCCOCCOCCOCCOCCOCCOCCOCCOCCOCCOCCOCCOCCOCCOS(=O)(=O)O. The van der Waals surface area contributed by atoms with Gasteiger partial charge in [-0.15, -0.1) is 0 Å². The van der Waals surface area contributed by atoms with Crippen LogP contribution in [0.5, 0.6) is 0 Å². The summed E-state index contributed by atoms with van der Waals surface area (Å²) in [5.41, 5.74) is 0. The first kappa shape index (κ1) is 61.4. The molecule has 0 radical (unpaired) electrons. The summed E-state index contributed by atoms with van der Waals surface area (Å²) in [5, 5.41) is 0. The monoisotopic (exact) mass is 923 g/mol. The third kappa shape index (κ3) is 59.4. The van der Waals surface area contributed by atoms with E-state index in [9.17, 15) is 8.42 Å². The third-order valence-corrected chi connectivity index (χ3v) is 9.53. The van der Waals surface area contributed by atoms with E-state index in [4.69, 9.17) is 66.1 Å². The van der Waals surface area contributed by atoms with Gasteiger partial charge in [0.1, 0.15) is 0 Å². The maximum Gasteiger partial charge on any atom is 0.397 e. The van der Waals surface area contributed by atoms with Gasteiger partial charge in [0.15, 0.2) is 0 Å². The molecule has 374 valence electrons. The Bertz CT molecular complexity index is 922. The summed E-state index contributed by atoms with van der Waals surface area (Å²) in [6.45, 7) is 14.4. The highest BCUT2D eigenvalue weighted by atomic mass is 32.3. The molecule has 0 atom stereocenters. The van der Waals surface area contributed by atoms with E-state index in [-0.39, 0.29) is 19.8 Å². The minimum Gasteiger partial charge on any atom is -0.379 e. The molecule has 0 fully saturated rings. The van der Waals surface area contributed by atoms with Crippen molar-refractivity contribution in [3.8, 4) is 0 Å². The van der Waals surface area contributed by atoms with Crippen LogP contribution in [0, 0.1) is 0 Å². The van der Waals surface area contributed by atoms with Crippen LogP contribution in [-0.2, 0) is 76.2 Å². The molecule has 0 unspecified atom stereocenters. The summed E-state index contributed by atoms with van der Waals surface area (Å²) in [5.74, 6) is 0. The lowest BCUT2D eigenvalue weighted by molar-refractivity contribution is -0.0292. The lowest BCUT2D eigenvalue weighted by Crippen LogP contribution is -2.16.